The molecule has 0 heterocycles. The Bertz CT molecular complexity index is 689. The number of rotatable bonds is 6. The summed E-state index contributed by atoms with van der Waals surface area (Å²) in [6.07, 6.45) is 0. The van der Waals surface area contributed by atoms with Crippen molar-refractivity contribution in [2.75, 3.05) is 6.61 Å². The van der Waals surface area contributed by atoms with E-state index in [-0.39, 0.29) is 10.6 Å². The lowest BCUT2D eigenvalue weighted by atomic mass is 10.2. The van der Waals surface area contributed by atoms with Gasteiger partial charge in [0, 0.05) is 11.6 Å². The molecule has 9 nitrogen and oxygen atoms in total. The van der Waals surface area contributed by atoms with E-state index in [1.54, 1.807) is 4.72 Å². The third kappa shape index (κ3) is 3.88. The third-order valence-electron chi connectivity index (χ3n) is 2.58. The van der Waals surface area contributed by atoms with Crippen LogP contribution in [0, 0.1) is 17.0 Å². The Hall–Kier alpha value is -1.75. The Morgan fingerprint density at radius 2 is 2.10 bits per heavy atom. The summed E-state index contributed by atoms with van der Waals surface area (Å²) in [6, 6.07) is -0.0448. The summed E-state index contributed by atoms with van der Waals surface area (Å²) in [5, 5.41) is 28.2. The molecule has 1 aromatic rings. The number of carboxylic acids is 1. The van der Waals surface area contributed by atoms with Crippen molar-refractivity contribution in [1.82, 2.24) is 4.72 Å². The van der Waals surface area contributed by atoms with Crippen molar-refractivity contribution in [3.8, 4) is 0 Å². The van der Waals surface area contributed by atoms with Gasteiger partial charge in [0.15, 0.2) is 0 Å². The number of sulfonamides is 1. The van der Waals surface area contributed by atoms with Crippen LogP contribution in [0.4, 0.5) is 5.69 Å². The van der Waals surface area contributed by atoms with Gasteiger partial charge >= 0.3 is 5.97 Å². The molecule has 1 rings (SSSR count). The van der Waals surface area contributed by atoms with Gasteiger partial charge in [-0.2, -0.15) is 4.72 Å². The zero-order valence-electron chi connectivity index (χ0n) is 10.6. The van der Waals surface area contributed by atoms with Crippen LogP contribution in [0.3, 0.4) is 0 Å². The highest BCUT2D eigenvalue weighted by atomic mass is 35.5. The van der Waals surface area contributed by atoms with E-state index >= 15 is 0 Å². The average molecular weight is 339 g/mol. The molecule has 0 aliphatic rings. The fourth-order valence-corrected chi connectivity index (χ4v) is 2.91. The lowest BCUT2D eigenvalue weighted by Crippen LogP contribution is -2.43. The van der Waals surface area contributed by atoms with Gasteiger partial charge in [-0.15, -0.1) is 0 Å². The maximum absolute atomic E-state index is 12.0. The maximum atomic E-state index is 12.0. The van der Waals surface area contributed by atoms with Gasteiger partial charge in [-0.3, -0.25) is 14.9 Å². The van der Waals surface area contributed by atoms with E-state index in [4.69, 9.17) is 21.8 Å². The molecule has 0 amide bonds. The number of carbonyl (C=O) groups is 1. The maximum Gasteiger partial charge on any atom is 0.324 e. The number of nitrogens with one attached hydrogen (secondary N) is 1. The summed E-state index contributed by atoms with van der Waals surface area (Å²) < 4.78 is 25.7. The molecular weight excluding hydrogens is 328 g/mol. The van der Waals surface area contributed by atoms with Gasteiger partial charge in [0.2, 0.25) is 10.0 Å². The van der Waals surface area contributed by atoms with Crippen LogP contribution in [0.1, 0.15) is 5.56 Å². The number of halogens is 1. The van der Waals surface area contributed by atoms with E-state index < -0.39 is 44.1 Å². The molecule has 0 unspecified atom stereocenters. The largest absolute Gasteiger partial charge is 0.480 e. The SMILES string of the molecule is Cc1c(Cl)cc(S(=O)(=O)N[C@@H](CO)C(=O)O)cc1[N+](=O)[O-]. The molecule has 116 valence electrons. The molecule has 0 spiro atoms. The monoisotopic (exact) mass is 338 g/mol. The van der Waals surface area contributed by atoms with Gasteiger partial charge in [-0.25, -0.2) is 8.42 Å². The number of aliphatic hydroxyl groups excluding tert-OH is 1. The highest BCUT2D eigenvalue weighted by molar-refractivity contribution is 7.89. The van der Waals surface area contributed by atoms with E-state index in [9.17, 15) is 23.3 Å². The quantitative estimate of drug-likeness (QED) is 0.498. The van der Waals surface area contributed by atoms with Crippen LogP contribution in [-0.2, 0) is 14.8 Å². The Labute approximate surface area is 124 Å². The van der Waals surface area contributed by atoms with Crippen molar-refractivity contribution < 1.29 is 28.3 Å². The van der Waals surface area contributed by atoms with E-state index in [0.29, 0.717) is 0 Å². The summed E-state index contributed by atoms with van der Waals surface area (Å²) in [6.45, 7) is 0.369. The fourth-order valence-electron chi connectivity index (χ4n) is 1.41. The molecule has 1 atom stereocenters. The first-order valence-electron chi connectivity index (χ1n) is 5.40. The summed E-state index contributed by atoms with van der Waals surface area (Å²) in [5.74, 6) is -1.59. The van der Waals surface area contributed by atoms with Crippen molar-refractivity contribution in [2.24, 2.45) is 0 Å². The highest BCUT2D eigenvalue weighted by Gasteiger charge is 2.27. The molecule has 0 radical (unpaired) electrons. The molecule has 0 bridgehead atoms. The van der Waals surface area contributed by atoms with Crippen molar-refractivity contribution in [2.45, 2.75) is 17.9 Å². The second-order valence-electron chi connectivity index (χ2n) is 4.00. The summed E-state index contributed by atoms with van der Waals surface area (Å²) in [7, 11) is -4.39. The van der Waals surface area contributed by atoms with Gasteiger partial charge < -0.3 is 10.2 Å². The molecule has 1 aromatic carbocycles. The predicted octanol–water partition coefficient (Wildman–Crippen LogP) is 0.280. The second kappa shape index (κ2) is 6.35. The normalized spacial score (nSPS) is 12.9. The number of nitro benzene ring substituents is 1. The minimum absolute atomic E-state index is 0.0811. The number of hydrogen-bond donors (Lipinski definition) is 3. The molecule has 0 fully saturated rings. The Kier molecular flexibility index (Phi) is 5.23. The smallest absolute Gasteiger partial charge is 0.324 e. The number of nitrogens with zero attached hydrogens (tertiary/aromatic N) is 1. The minimum Gasteiger partial charge on any atom is -0.480 e. The molecule has 0 saturated carbocycles. The number of nitro groups is 1. The van der Waals surface area contributed by atoms with E-state index in [1.807, 2.05) is 0 Å². The van der Waals surface area contributed by atoms with Crippen LogP contribution in [0.25, 0.3) is 0 Å². The number of carboxylic acid groups (broad SMARTS) is 1. The number of aliphatic hydroxyl groups is 1. The van der Waals surface area contributed by atoms with Crippen LogP contribution >= 0.6 is 11.6 Å². The van der Waals surface area contributed by atoms with Crippen LogP contribution in [0.5, 0.6) is 0 Å². The standard InChI is InChI=1S/C10H11ClN2O7S/c1-5-7(11)2-6(3-9(5)13(17)18)21(19,20)12-8(4-14)10(15)16/h2-3,8,12,14H,4H2,1H3,(H,15,16)/t8-/m0/s1. The molecule has 3 N–H and O–H groups in total. The van der Waals surface area contributed by atoms with E-state index in [2.05, 4.69) is 0 Å². The number of benzene rings is 1. The second-order valence-corrected chi connectivity index (χ2v) is 6.12. The molecule has 0 aliphatic carbocycles. The summed E-state index contributed by atoms with van der Waals surface area (Å²) in [5.41, 5.74) is -0.434. The zero-order chi connectivity index (χ0) is 16.4. The molecule has 0 aliphatic heterocycles. The van der Waals surface area contributed by atoms with Gasteiger partial charge in [0.1, 0.15) is 6.04 Å². The fraction of sp³-hybridized carbons (Fsp3) is 0.300. The summed E-state index contributed by atoms with van der Waals surface area (Å²) >= 11 is 5.74. The number of aliphatic carboxylic acids is 1. The molecule has 0 saturated heterocycles. The van der Waals surface area contributed by atoms with Gasteiger partial charge in [0.25, 0.3) is 5.69 Å². The number of hydrogen-bond acceptors (Lipinski definition) is 6. The van der Waals surface area contributed by atoms with E-state index in [1.165, 1.54) is 6.92 Å². The van der Waals surface area contributed by atoms with Crippen molar-refractivity contribution in [3.63, 3.8) is 0 Å². The Morgan fingerprint density at radius 3 is 2.52 bits per heavy atom. The average Bonchev–Trinajstić information content (AvgIpc) is 2.38. The lowest BCUT2D eigenvalue weighted by molar-refractivity contribution is -0.385. The van der Waals surface area contributed by atoms with Gasteiger partial charge in [-0.05, 0) is 13.0 Å². The van der Waals surface area contributed by atoms with Crippen LogP contribution in [0.2, 0.25) is 5.02 Å². The predicted molar refractivity (Wildman–Crippen MR) is 71.7 cm³/mol. The van der Waals surface area contributed by atoms with Gasteiger partial charge in [-0.1, -0.05) is 11.6 Å². The van der Waals surface area contributed by atoms with Crippen LogP contribution < -0.4 is 4.72 Å². The molecular formula is C10H11ClN2O7S. The first kappa shape index (κ1) is 17.3. The molecule has 0 aromatic heterocycles. The Morgan fingerprint density at radius 1 is 1.52 bits per heavy atom. The third-order valence-corrected chi connectivity index (χ3v) is 4.42. The van der Waals surface area contributed by atoms with Crippen molar-refractivity contribution in [3.05, 3.63) is 32.8 Å². The highest BCUT2D eigenvalue weighted by Crippen LogP contribution is 2.29. The topological polar surface area (TPSA) is 147 Å². The molecule has 11 heteroatoms. The lowest BCUT2D eigenvalue weighted by Gasteiger charge is -2.13. The van der Waals surface area contributed by atoms with Crippen LogP contribution in [0.15, 0.2) is 17.0 Å². The van der Waals surface area contributed by atoms with Crippen LogP contribution in [-0.4, -0.2) is 42.2 Å². The van der Waals surface area contributed by atoms with Gasteiger partial charge in [0.05, 0.1) is 21.4 Å². The first-order chi connectivity index (χ1) is 9.60. The Balaban J connectivity index is 3.32. The minimum atomic E-state index is -4.39. The van der Waals surface area contributed by atoms with E-state index in [0.717, 1.165) is 12.1 Å². The van der Waals surface area contributed by atoms with Crippen molar-refractivity contribution >= 4 is 33.3 Å². The molecule has 21 heavy (non-hydrogen) atoms. The zero-order valence-corrected chi connectivity index (χ0v) is 12.2. The van der Waals surface area contributed by atoms with Crippen molar-refractivity contribution in [1.29, 1.82) is 0 Å². The summed E-state index contributed by atoms with van der Waals surface area (Å²) in [4.78, 5) is 20.2. The first-order valence-corrected chi connectivity index (χ1v) is 7.26.